The SMILES string of the molecule is CCOc1cccc(/C=N\NC(=O)COc2ccccc2C)c1O. The molecule has 0 aliphatic heterocycles. The minimum Gasteiger partial charge on any atom is -0.504 e. The van der Waals surface area contributed by atoms with Gasteiger partial charge in [-0.25, -0.2) is 5.43 Å². The number of hydrogen-bond acceptors (Lipinski definition) is 5. The van der Waals surface area contributed by atoms with E-state index >= 15 is 0 Å². The van der Waals surface area contributed by atoms with E-state index in [1.165, 1.54) is 6.21 Å². The van der Waals surface area contributed by atoms with E-state index in [0.717, 1.165) is 5.56 Å². The highest BCUT2D eigenvalue weighted by atomic mass is 16.5. The zero-order chi connectivity index (χ0) is 17.4. The van der Waals surface area contributed by atoms with Gasteiger partial charge in [-0.3, -0.25) is 4.79 Å². The van der Waals surface area contributed by atoms with Crippen molar-refractivity contribution in [2.75, 3.05) is 13.2 Å². The molecule has 2 aromatic rings. The highest BCUT2D eigenvalue weighted by Gasteiger charge is 2.06. The molecule has 0 saturated carbocycles. The normalized spacial score (nSPS) is 10.6. The highest BCUT2D eigenvalue weighted by Crippen LogP contribution is 2.28. The van der Waals surface area contributed by atoms with Crippen molar-refractivity contribution in [1.29, 1.82) is 0 Å². The van der Waals surface area contributed by atoms with E-state index in [9.17, 15) is 9.90 Å². The first kappa shape index (κ1) is 17.3. The first-order chi connectivity index (χ1) is 11.6. The van der Waals surface area contributed by atoms with Gasteiger partial charge in [-0.05, 0) is 37.6 Å². The molecule has 0 aliphatic carbocycles. The second-order valence-corrected chi connectivity index (χ2v) is 4.97. The number of rotatable bonds is 7. The van der Waals surface area contributed by atoms with Gasteiger partial charge in [0.2, 0.25) is 0 Å². The second kappa shape index (κ2) is 8.57. The van der Waals surface area contributed by atoms with Crippen LogP contribution in [0.5, 0.6) is 17.2 Å². The lowest BCUT2D eigenvalue weighted by Crippen LogP contribution is -2.24. The van der Waals surface area contributed by atoms with Gasteiger partial charge in [0.1, 0.15) is 5.75 Å². The lowest BCUT2D eigenvalue weighted by Gasteiger charge is -2.08. The van der Waals surface area contributed by atoms with Crippen molar-refractivity contribution < 1.29 is 19.4 Å². The van der Waals surface area contributed by atoms with Gasteiger partial charge < -0.3 is 14.6 Å². The predicted octanol–water partition coefficient (Wildman–Crippen LogP) is 2.63. The number of hydrogen-bond donors (Lipinski definition) is 2. The zero-order valence-corrected chi connectivity index (χ0v) is 13.7. The van der Waals surface area contributed by atoms with Crippen LogP contribution in [-0.2, 0) is 4.79 Å². The Morgan fingerprint density at radius 2 is 1.92 bits per heavy atom. The monoisotopic (exact) mass is 328 g/mol. The van der Waals surface area contributed by atoms with E-state index in [1.54, 1.807) is 24.3 Å². The zero-order valence-electron chi connectivity index (χ0n) is 13.7. The average molecular weight is 328 g/mol. The van der Waals surface area contributed by atoms with Gasteiger partial charge in [-0.1, -0.05) is 24.3 Å². The summed E-state index contributed by atoms with van der Waals surface area (Å²) in [6.07, 6.45) is 1.35. The Bertz CT molecular complexity index is 729. The number of para-hydroxylation sites is 2. The Morgan fingerprint density at radius 1 is 1.17 bits per heavy atom. The number of nitrogens with zero attached hydrogens (tertiary/aromatic N) is 1. The summed E-state index contributed by atoms with van der Waals surface area (Å²) in [4.78, 5) is 11.7. The van der Waals surface area contributed by atoms with Gasteiger partial charge >= 0.3 is 0 Å². The maximum absolute atomic E-state index is 11.7. The fourth-order valence-corrected chi connectivity index (χ4v) is 1.98. The lowest BCUT2D eigenvalue weighted by molar-refractivity contribution is -0.123. The number of carbonyl (C=O) groups is 1. The van der Waals surface area contributed by atoms with Gasteiger partial charge in [-0.2, -0.15) is 5.10 Å². The van der Waals surface area contributed by atoms with Crippen LogP contribution in [0.4, 0.5) is 0 Å². The summed E-state index contributed by atoms with van der Waals surface area (Å²) in [5.74, 6) is 0.609. The number of benzene rings is 2. The van der Waals surface area contributed by atoms with E-state index in [4.69, 9.17) is 9.47 Å². The molecule has 0 aliphatic rings. The molecular formula is C18H20N2O4. The van der Waals surface area contributed by atoms with Gasteiger partial charge in [-0.15, -0.1) is 0 Å². The molecule has 24 heavy (non-hydrogen) atoms. The quantitative estimate of drug-likeness (QED) is 0.605. The number of phenols is 1. The molecule has 0 unspecified atom stereocenters. The second-order valence-electron chi connectivity index (χ2n) is 4.97. The van der Waals surface area contributed by atoms with E-state index in [-0.39, 0.29) is 12.4 Å². The number of aryl methyl sites for hydroxylation is 1. The third kappa shape index (κ3) is 4.74. The fourth-order valence-electron chi connectivity index (χ4n) is 1.98. The predicted molar refractivity (Wildman–Crippen MR) is 91.7 cm³/mol. The molecule has 126 valence electrons. The number of ether oxygens (including phenoxy) is 2. The maximum Gasteiger partial charge on any atom is 0.277 e. The van der Waals surface area contributed by atoms with Crippen molar-refractivity contribution >= 4 is 12.1 Å². The Labute approximate surface area is 140 Å². The molecule has 2 aromatic carbocycles. The largest absolute Gasteiger partial charge is 0.504 e. The molecule has 6 heteroatoms. The average Bonchev–Trinajstić information content (AvgIpc) is 2.57. The molecule has 1 amide bonds. The van der Waals surface area contributed by atoms with Gasteiger partial charge in [0.25, 0.3) is 5.91 Å². The number of phenolic OH excluding ortho intramolecular Hbond substituents is 1. The van der Waals surface area contributed by atoms with E-state index < -0.39 is 5.91 Å². The summed E-state index contributed by atoms with van der Waals surface area (Å²) in [5.41, 5.74) is 3.75. The third-order valence-corrected chi connectivity index (χ3v) is 3.18. The molecular weight excluding hydrogens is 308 g/mol. The van der Waals surface area contributed by atoms with Gasteiger partial charge in [0, 0.05) is 5.56 Å². The van der Waals surface area contributed by atoms with Crippen molar-refractivity contribution in [3.8, 4) is 17.2 Å². The molecule has 0 fully saturated rings. The third-order valence-electron chi connectivity index (χ3n) is 3.18. The lowest BCUT2D eigenvalue weighted by atomic mass is 10.2. The molecule has 0 saturated heterocycles. The fraction of sp³-hybridized carbons (Fsp3) is 0.222. The van der Waals surface area contributed by atoms with Crippen LogP contribution in [0.1, 0.15) is 18.1 Å². The molecule has 0 bridgehead atoms. The van der Waals surface area contributed by atoms with Crippen molar-refractivity contribution in [3.63, 3.8) is 0 Å². The van der Waals surface area contributed by atoms with E-state index in [0.29, 0.717) is 23.7 Å². The van der Waals surface area contributed by atoms with Crippen LogP contribution in [0.25, 0.3) is 0 Å². The number of hydrazone groups is 1. The number of carbonyl (C=O) groups excluding carboxylic acids is 1. The molecule has 0 atom stereocenters. The summed E-state index contributed by atoms with van der Waals surface area (Å²) in [6.45, 7) is 4.03. The molecule has 2 rings (SSSR count). The number of aromatic hydroxyl groups is 1. The van der Waals surface area contributed by atoms with Crippen molar-refractivity contribution in [2.45, 2.75) is 13.8 Å². The number of nitrogens with one attached hydrogen (secondary N) is 1. The molecule has 6 nitrogen and oxygen atoms in total. The van der Waals surface area contributed by atoms with Crippen molar-refractivity contribution in [1.82, 2.24) is 5.43 Å². The van der Waals surface area contributed by atoms with E-state index in [2.05, 4.69) is 10.5 Å². The summed E-state index contributed by atoms with van der Waals surface area (Å²) in [7, 11) is 0. The van der Waals surface area contributed by atoms with Crippen LogP contribution in [0, 0.1) is 6.92 Å². The van der Waals surface area contributed by atoms with Crippen LogP contribution >= 0.6 is 0 Å². The first-order valence-electron chi connectivity index (χ1n) is 7.57. The van der Waals surface area contributed by atoms with Crippen LogP contribution < -0.4 is 14.9 Å². The minimum absolute atomic E-state index is 0.0199. The smallest absolute Gasteiger partial charge is 0.277 e. The Kier molecular flexibility index (Phi) is 6.19. The summed E-state index contributed by atoms with van der Waals surface area (Å²) in [5, 5.41) is 13.8. The minimum atomic E-state index is -0.394. The van der Waals surface area contributed by atoms with Gasteiger partial charge in [0.05, 0.1) is 12.8 Å². The Hall–Kier alpha value is -3.02. The van der Waals surface area contributed by atoms with Crippen LogP contribution in [0.2, 0.25) is 0 Å². The summed E-state index contributed by atoms with van der Waals surface area (Å²) < 4.78 is 10.7. The Morgan fingerprint density at radius 3 is 2.67 bits per heavy atom. The van der Waals surface area contributed by atoms with E-state index in [1.807, 2.05) is 32.0 Å². The molecule has 0 heterocycles. The maximum atomic E-state index is 11.7. The number of amides is 1. The van der Waals surface area contributed by atoms with Crippen molar-refractivity contribution in [2.24, 2.45) is 5.10 Å². The molecule has 2 N–H and O–H groups in total. The molecule has 0 radical (unpaired) electrons. The first-order valence-corrected chi connectivity index (χ1v) is 7.57. The topological polar surface area (TPSA) is 80.2 Å². The van der Waals surface area contributed by atoms with Crippen LogP contribution in [-0.4, -0.2) is 30.4 Å². The van der Waals surface area contributed by atoms with Crippen molar-refractivity contribution in [3.05, 3.63) is 53.6 Å². The summed E-state index contributed by atoms with van der Waals surface area (Å²) in [6, 6.07) is 12.5. The summed E-state index contributed by atoms with van der Waals surface area (Å²) >= 11 is 0. The Balaban J connectivity index is 1.89. The molecule has 0 spiro atoms. The van der Waals surface area contributed by atoms with Crippen LogP contribution in [0.15, 0.2) is 47.6 Å². The molecule has 0 aromatic heterocycles. The van der Waals surface area contributed by atoms with Gasteiger partial charge in [0.15, 0.2) is 18.1 Å². The standard InChI is InChI=1S/C18H20N2O4/c1-3-23-16-10-6-8-14(18(16)22)11-19-20-17(21)12-24-15-9-5-4-7-13(15)2/h4-11,22H,3,12H2,1-2H3,(H,20,21)/b19-11-. The van der Waals surface area contributed by atoms with Crippen LogP contribution in [0.3, 0.4) is 0 Å². The highest BCUT2D eigenvalue weighted by molar-refractivity contribution is 5.86.